The SMILES string of the molecule is ClCC=CC1C=[C]c2ccccc21. The average molecular weight is 190 g/mol. The number of fused-ring (bicyclic) bond motifs is 1. The molecule has 1 atom stereocenters. The second-order valence-electron chi connectivity index (χ2n) is 3.01. The molecule has 0 nitrogen and oxygen atoms in total. The molecular formula is C12H10Cl. The van der Waals surface area contributed by atoms with Gasteiger partial charge in [-0.15, -0.1) is 11.6 Å². The first kappa shape index (κ1) is 8.58. The lowest BCUT2D eigenvalue weighted by molar-refractivity contribution is 1.11. The Labute approximate surface area is 83.5 Å². The maximum absolute atomic E-state index is 5.59. The molecule has 1 radical (unpaired) electrons. The van der Waals surface area contributed by atoms with Crippen molar-refractivity contribution in [2.75, 3.05) is 5.88 Å². The highest BCUT2D eigenvalue weighted by Gasteiger charge is 2.13. The predicted octanol–water partition coefficient (Wildman–Crippen LogP) is 3.29. The quantitative estimate of drug-likeness (QED) is 0.495. The van der Waals surface area contributed by atoms with Crippen LogP contribution in [0.1, 0.15) is 17.0 Å². The maximum atomic E-state index is 5.59. The van der Waals surface area contributed by atoms with E-state index in [1.54, 1.807) is 0 Å². The van der Waals surface area contributed by atoms with Crippen molar-refractivity contribution in [3.8, 4) is 0 Å². The molecule has 1 aromatic rings. The highest BCUT2D eigenvalue weighted by Crippen LogP contribution is 2.28. The zero-order chi connectivity index (χ0) is 9.10. The lowest BCUT2D eigenvalue weighted by atomic mass is 10.0. The number of hydrogen-bond donors (Lipinski definition) is 0. The zero-order valence-electron chi connectivity index (χ0n) is 7.20. The Kier molecular flexibility index (Phi) is 2.51. The molecule has 0 aliphatic heterocycles. The summed E-state index contributed by atoms with van der Waals surface area (Å²) >= 11 is 5.59. The highest BCUT2D eigenvalue weighted by molar-refractivity contribution is 6.18. The molecule has 0 fully saturated rings. The fourth-order valence-corrected chi connectivity index (χ4v) is 1.65. The van der Waals surface area contributed by atoms with Crippen molar-refractivity contribution in [3.63, 3.8) is 0 Å². The Bertz CT molecular complexity index is 350. The van der Waals surface area contributed by atoms with Crippen molar-refractivity contribution in [2.24, 2.45) is 0 Å². The molecule has 0 heterocycles. The second-order valence-corrected chi connectivity index (χ2v) is 3.32. The highest BCUT2D eigenvalue weighted by atomic mass is 35.5. The second kappa shape index (κ2) is 3.80. The van der Waals surface area contributed by atoms with Crippen molar-refractivity contribution < 1.29 is 0 Å². The van der Waals surface area contributed by atoms with E-state index >= 15 is 0 Å². The standard InChI is InChI=1S/C12H10Cl/c13-9-3-5-11-8-7-10-4-1-2-6-12(10)11/h1-6,8,11H,9H2. The first-order chi connectivity index (χ1) is 6.42. The van der Waals surface area contributed by atoms with Gasteiger partial charge >= 0.3 is 0 Å². The molecule has 2 rings (SSSR count). The topological polar surface area (TPSA) is 0 Å². The van der Waals surface area contributed by atoms with Gasteiger partial charge in [-0.3, -0.25) is 0 Å². The molecule has 1 aliphatic rings. The third-order valence-electron chi connectivity index (χ3n) is 2.17. The van der Waals surface area contributed by atoms with Crippen LogP contribution in [0.25, 0.3) is 0 Å². The molecule has 0 N–H and O–H groups in total. The first-order valence-corrected chi connectivity index (χ1v) is 4.86. The van der Waals surface area contributed by atoms with Crippen LogP contribution >= 0.6 is 11.6 Å². The van der Waals surface area contributed by atoms with E-state index in [1.807, 2.05) is 12.1 Å². The minimum atomic E-state index is 0.370. The van der Waals surface area contributed by atoms with Gasteiger partial charge in [0.05, 0.1) is 0 Å². The molecule has 0 amide bonds. The summed E-state index contributed by atoms with van der Waals surface area (Å²) in [6.07, 6.45) is 9.41. The maximum Gasteiger partial charge on any atom is 0.0404 e. The summed E-state index contributed by atoms with van der Waals surface area (Å²) in [5.41, 5.74) is 2.52. The molecule has 65 valence electrons. The van der Waals surface area contributed by atoms with Crippen LogP contribution in [0.3, 0.4) is 0 Å². The Morgan fingerprint density at radius 3 is 3.08 bits per heavy atom. The molecular weight excluding hydrogens is 180 g/mol. The summed E-state index contributed by atoms with van der Waals surface area (Å²) in [5.74, 6) is 0.946. The van der Waals surface area contributed by atoms with Gasteiger partial charge in [0, 0.05) is 11.8 Å². The molecule has 0 spiro atoms. The van der Waals surface area contributed by atoms with Crippen LogP contribution in [0.2, 0.25) is 0 Å². The van der Waals surface area contributed by atoms with Gasteiger partial charge in [0.1, 0.15) is 0 Å². The molecule has 13 heavy (non-hydrogen) atoms. The van der Waals surface area contributed by atoms with Crippen LogP contribution in [0.15, 0.2) is 42.5 Å². The predicted molar refractivity (Wildman–Crippen MR) is 56.0 cm³/mol. The largest absolute Gasteiger partial charge is 0.122 e. The summed E-state index contributed by atoms with van der Waals surface area (Å²) in [7, 11) is 0. The third kappa shape index (κ3) is 1.68. The Morgan fingerprint density at radius 2 is 2.23 bits per heavy atom. The van der Waals surface area contributed by atoms with Gasteiger partial charge in [-0.2, -0.15) is 0 Å². The van der Waals surface area contributed by atoms with Crippen LogP contribution < -0.4 is 0 Å². The van der Waals surface area contributed by atoms with Gasteiger partial charge in [0.15, 0.2) is 0 Å². The molecule has 0 saturated heterocycles. The van der Waals surface area contributed by atoms with E-state index in [4.69, 9.17) is 11.6 Å². The van der Waals surface area contributed by atoms with Crippen LogP contribution in [-0.4, -0.2) is 5.88 Å². The van der Waals surface area contributed by atoms with Crippen LogP contribution in [0.5, 0.6) is 0 Å². The van der Waals surface area contributed by atoms with Crippen LogP contribution in [0, 0.1) is 6.08 Å². The molecule has 1 heteroatoms. The molecule has 1 aliphatic carbocycles. The molecule has 0 bridgehead atoms. The van der Waals surface area contributed by atoms with Gasteiger partial charge in [-0.25, -0.2) is 0 Å². The van der Waals surface area contributed by atoms with Crippen molar-refractivity contribution in [1.82, 2.24) is 0 Å². The Hall–Kier alpha value is -1.01. The molecule has 1 aromatic carbocycles. The van der Waals surface area contributed by atoms with E-state index in [1.165, 1.54) is 11.1 Å². The average Bonchev–Trinajstić information content (AvgIpc) is 2.58. The fraction of sp³-hybridized carbons (Fsp3) is 0.167. The summed E-state index contributed by atoms with van der Waals surface area (Å²) < 4.78 is 0. The number of hydrogen-bond acceptors (Lipinski definition) is 0. The van der Waals surface area contributed by atoms with Crippen LogP contribution in [0.4, 0.5) is 0 Å². The van der Waals surface area contributed by atoms with Crippen molar-refractivity contribution in [2.45, 2.75) is 5.92 Å². The van der Waals surface area contributed by atoms with Crippen molar-refractivity contribution in [1.29, 1.82) is 0 Å². The first-order valence-electron chi connectivity index (χ1n) is 4.33. The van der Waals surface area contributed by atoms with Gasteiger partial charge in [0.2, 0.25) is 0 Å². The summed E-state index contributed by atoms with van der Waals surface area (Å²) in [6.45, 7) is 0. The van der Waals surface area contributed by atoms with Gasteiger partial charge in [0.25, 0.3) is 0 Å². The van der Waals surface area contributed by atoms with E-state index < -0.39 is 0 Å². The monoisotopic (exact) mass is 189 g/mol. The van der Waals surface area contributed by atoms with Crippen molar-refractivity contribution >= 4 is 11.6 Å². The van der Waals surface area contributed by atoms with Gasteiger partial charge in [-0.1, -0.05) is 42.5 Å². The fourth-order valence-electron chi connectivity index (χ4n) is 1.55. The lowest BCUT2D eigenvalue weighted by Gasteiger charge is -2.04. The van der Waals surface area contributed by atoms with Crippen molar-refractivity contribution in [3.05, 3.63) is 59.7 Å². The number of alkyl halides is 1. The number of allylic oxidation sites excluding steroid dienone is 3. The molecule has 1 unspecified atom stereocenters. The summed E-state index contributed by atoms with van der Waals surface area (Å²) in [6, 6.07) is 8.31. The minimum Gasteiger partial charge on any atom is -0.122 e. The van der Waals surface area contributed by atoms with E-state index in [0.29, 0.717) is 11.8 Å². The van der Waals surface area contributed by atoms with E-state index in [9.17, 15) is 0 Å². The number of halogens is 1. The third-order valence-corrected chi connectivity index (χ3v) is 2.35. The Balaban J connectivity index is 2.28. The number of rotatable bonds is 2. The van der Waals surface area contributed by atoms with E-state index in [-0.39, 0.29) is 0 Å². The normalized spacial score (nSPS) is 19.6. The molecule has 0 saturated carbocycles. The van der Waals surface area contributed by atoms with Gasteiger partial charge in [-0.05, 0) is 17.2 Å². The zero-order valence-corrected chi connectivity index (χ0v) is 7.96. The minimum absolute atomic E-state index is 0.370. The smallest absolute Gasteiger partial charge is 0.0404 e. The van der Waals surface area contributed by atoms with E-state index in [0.717, 1.165) is 0 Å². The Morgan fingerprint density at radius 1 is 1.38 bits per heavy atom. The van der Waals surface area contributed by atoms with E-state index in [2.05, 4.69) is 36.4 Å². The molecule has 0 aromatic heterocycles. The van der Waals surface area contributed by atoms with Gasteiger partial charge < -0.3 is 0 Å². The van der Waals surface area contributed by atoms with Crippen LogP contribution in [-0.2, 0) is 0 Å². The number of benzene rings is 1. The lowest BCUT2D eigenvalue weighted by Crippen LogP contribution is -1.87. The summed E-state index contributed by atoms with van der Waals surface area (Å²) in [5, 5.41) is 0. The summed E-state index contributed by atoms with van der Waals surface area (Å²) in [4.78, 5) is 0.